The van der Waals surface area contributed by atoms with Crippen LogP contribution in [0, 0.1) is 12.3 Å². The highest BCUT2D eigenvalue weighted by atomic mass is 16.7. The monoisotopic (exact) mass is 249 g/mol. The molecule has 0 radical (unpaired) electrons. The molecule has 1 aromatic carbocycles. The molecular weight excluding hydrogens is 238 g/mol. The topological polar surface area (TPSA) is 87.9 Å². The standard InChI is InChI=1S/C12H11NO5/c1-3-9(17-11(14)12(15)18-13)8-6-4-5-7-10(8)16-2/h1,4-7,9H,13H2,2H3. The second-order valence-corrected chi connectivity index (χ2v) is 3.10. The molecule has 18 heavy (non-hydrogen) atoms. The summed E-state index contributed by atoms with van der Waals surface area (Å²) in [6, 6.07) is 6.68. The van der Waals surface area contributed by atoms with Crippen LogP contribution in [0.1, 0.15) is 11.7 Å². The maximum absolute atomic E-state index is 11.2. The Kier molecular flexibility index (Phi) is 4.72. The van der Waals surface area contributed by atoms with Gasteiger partial charge in [0, 0.05) is 5.56 Å². The van der Waals surface area contributed by atoms with Crippen molar-refractivity contribution < 1.29 is 23.9 Å². The summed E-state index contributed by atoms with van der Waals surface area (Å²) in [6.07, 6.45) is 4.19. The van der Waals surface area contributed by atoms with E-state index in [2.05, 4.69) is 16.7 Å². The molecule has 6 nitrogen and oxygen atoms in total. The normalized spacial score (nSPS) is 10.9. The van der Waals surface area contributed by atoms with Gasteiger partial charge in [-0.3, -0.25) is 0 Å². The van der Waals surface area contributed by atoms with E-state index in [1.807, 2.05) is 0 Å². The zero-order valence-corrected chi connectivity index (χ0v) is 9.58. The maximum atomic E-state index is 11.2. The van der Waals surface area contributed by atoms with Crippen LogP contribution in [0.25, 0.3) is 0 Å². The number of hydrogen-bond acceptors (Lipinski definition) is 6. The molecule has 0 amide bonds. The van der Waals surface area contributed by atoms with Crippen LogP contribution < -0.4 is 10.6 Å². The Balaban J connectivity index is 2.94. The molecule has 0 aliphatic rings. The molecule has 0 aromatic heterocycles. The van der Waals surface area contributed by atoms with Gasteiger partial charge < -0.3 is 14.3 Å². The molecular formula is C12H11NO5. The summed E-state index contributed by atoms with van der Waals surface area (Å²) in [5.41, 5.74) is 0.445. The number of carbonyl (C=O) groups is 2. The van der Waals surface area contributed by atoms with Gasteiger partial charge in [0.15, 0.2) is 6.10 Å². The van der Waals surface area contributed by atoms with Gasteiger partial charge in [-0.2, -0.15) is 5.90 Å². The number of terminal acetylenes is 1. The Morgan fingerprint density at radius 3 is 2.56 bits per heavy atom. The van der Waals surface area contributed by atoms with E-state index in [9.17, 15) is 9.59 Å². The highest BCUT2D eigenvalue weighted by molar-refractivity contribution is 6.29. The van der Waals surface area contributed by atoms with Crippen molar-refractivity contribution in [3.8, 4) is 18.1 Å². The van der Waals surface area contributed by atoms with Crippen LogP contribution >= 0.6 is 0 Å². The Hall–Kier alpha value is -2.52. The first kappa shape index (κ1) is 13.5. The minimum atomic E-state index is -1.33. The van der Waals surface area contributed by atoms with Crippen LogP contribution in [0.2, 0.25) is 0 Å². The number of hydrogen-bond donors (Lipinski definition) is 1. The van der Waals surface area contributed by atoms with Crippen molar-refractivity contribution in [3.63, 3.8) is 0 Å². The highest BCUT2D eigenvalue weighted by Crippen LogP contribution is 2.26. The Bertz CT molecular complexity index is 491. The van der Waals surface area contributed by atoms with E-state index >= 15 is 0 Å². The highest BCUT2D eigenvalue weighted by Gasteiger charge is 2.23. The van der Waals surface area contributed by atoms with Crippen molar-refractivity contribution in [2.75, 3.05) is 7.11 Å². The summed E-state index contributed by atoms with van der Waals surface area (Å²) in [4.78, 5) is 25.8. The predicted molar refractivity (Wildman–Crippen MR) is 60.9 cm³/mol. The molecule has 1 unspecified atom stereocenters. The van der Waals surface area contributed by atoms with E-state index in [0.717, 1.165) is 0 Å². The van der Waals surface area contributed by atoms with Gasteiger partial charge in [0.25, 0.3) is 0 Å². The van der Waals surface area contributed by atoms with Crippen LogP contribution in [-0.4, -0.2) is 19.0 Å². The van der Waals surface area contributed by atoms with Crippen molar-refractivity contribution in [1.82, 2.24) is 0 Å². The van der Waals surface area contributed by atoms with Crippen molar-refractivity contribution in [2.24, 2.45) is 5.90 Å². The number of methoxy groups -OCH3 is 1. The zero-order chi connectivity index (χ0) is 13.5. The summed E-state index contributed by atoms with van der Waals surface area (Å²) in [5.74, 6) is 4.63. The summed E-state index contributed by atoms with van der Waals surface area (Å²) in [5, 5.41) is 0. The van der Waals surface area contributed by atoms with Crippen LogP contribution in [0.5, 0.6) is 5.75 Å². The lowest BCUT2D eigenvalue weighted by Gasteiger charge is -2.14. The molecule has 1 rings (SSSR count). The Morgan fingerprint density at radius 1 is 1.33 bits per heavy atom. The van der Waals surface area contributed by atoms with Crippen LogP contribution in [0.15, 0.2) is 24.3 Å². The van der Waals surface area contributed by atoms with E-state index in [4.69, 9.17) is 15.9 Å². The van der Waals surface area contributed by atoms with E-state index < -0.39 is 18.0 Å². The molecule has 6 heteroatoms. The third-order valence-corrected chi connectivity index (χ3v) is 2.07. The molecule has 2 N–H and O–H groups in total. The van der Waals surface area contributed by atoms with Crippen molar-refractivity contribution in [3.05, 3.63) is 29.8 Å². The average Bonchev–Trinajstić information content (AvgIpc) is 2.43. The van der Waals surface area contributed by atoms with Crippen LogP contribution in [0.4, 0.5) is 0 Å². The Morgan fingerprint density at radius 2 is 2.00 bits per heavy atom. The lowest BCUT2D eigenvalue weighted by molar-refractivity contribution is -0.170. The summed E-state index contributed by atoms with van der Waals surface area (Å²) < 4.78 is 9.84. The number of carbonyl (C=O) groups excluding carboxylic acids is 2. The lowest BCUT2D eigenvalue weighted by atomic mass is 10.1. The van der Waals surface area contributed by atoms with Gasteiger partial charge in [0.05, 0.1) is 7.11 Å². The fourth-order valence-electron chi connectivity index (χ4n) is 1.27. The van der Waals surface area contributed by atoms with Gasteiger partial charge >= 0.3 is 11.9 Å². The van der Waals surface area contributed by atoms with E-state index in [0.29, 0.717) is 11.3 Å². The number of esters is 1. The van der Waals surface area contributed by atoms with Crippen molar-refractivity contribution in [2.45, 2.75) is 6.10 Å². The molecule has 0 fully saturated rings. The number of rotatable bonds is 3. The Labute approximate surface area is 104 Å². The molecule has 1 atom stereocenters. The van der Waals surface area contributed by atoms with Gasteiger partial charge in [0.1, 0.15) is 5.75 Å². The van der Waals surface area contributed by atoms with E-state index in [-0.39, 0.29) is 0 Å². The van der Waals surface area contributed by atoms with Gasteiger partial charge in [-0.25, -0.2) is 9.59 Å². The predicted octanol–water partition coefficient (Wildman–Crippen LogP) is 0.330. The molecule has 0 aliphatic heterocycles. The smallest absolute Gasteiger partial charge is 0.435 e. The quantitative estimate of drug-likeness (QED) is 0.359. The number of para-hydroxylation sites is 1. The summed E-state index contributed by atoms with van der Waals surface area (Å²) >= 11 is 0. The summed E-state index contributed by atoms with van der Waals surface area (Å²) in [7, 11) is 1.45. The van der Waals surface area contributed by atoms with Crippen LogP contribution in [0.3, 0.4) is 0 Å². The van der Waals surface area contributed by atoms with Gasteiger partial charge in [-0.15, -0.1) is 6.42 Å². The molecule has 0 bridgehead atoms. The number of ether oxygens (including phenoxy) is 2. The molecule has 0 spiro atoms. The molecule has 0 saturated heterocycles. The number of benzene rings is 1. The van der Waals surface area contributed by atoms with Crippen LogP contribution in [-0.2, 0) is 19.2 Å². The minimum absolute atomic E-state index is 0.439. The second kappa shape index (κ2) is 6.27. The SMILES string of the molecule is C#CC(OC(=O)C(=O)ON)c1ccccc1OC. The first-order valence-electron chi connectivity index (χ1n) is 4.84. The lowest BCUT2D eigenvalue weighted by Crippen LogP contribution is -2.24. The van der Waals surface area contributed by atoms with Gasteiger partial charge in [-0.05, 0) is 6.07 Å². The first-order chi connectivity index (χ1) is 8.63. The molecule has 0 saturated carbocycles. The molecule has 0 aliphatic carbocycles. The molecule has 0 heterocycles. The number of nitrogens with two attached hydrogens (primary N) is 1. The minimum Gasteiger partial charge on any atom is -0.496 e. The van der Waals surface area contributed by atoms with E-state index in [1.165, 1.54) is 7.11 Å². The third-order valence-electron chi connectivity index (χ3n) is 2.07. The molecule has 1 aromatic rings. The van der Waals surface area contributed by atoms with Gasteiger partial charge in [0.2, 0.25) is 0 Å². The van der Waals surface area contributed by atoms with Crippen molar-refractivity contribution >= 4 is 11.9 Å². The summed E-state index contributed by atoms with van der Waals surface area (Å²) in [6.45, 7) is 0. The van der Waals surface area contributed by atoms with E-state index in [1.54, 1.807) is 24.3 Å². The second-order valence-electron chi connectivity index (χ2n) is 3.10. The maximum Gasteiger partial charge on any atom is 0.435 e. The van der Waals surface area contributed by atoms with Gasteiger partial charge in [-0.1, -0.05) is 24.1 Å². The molecule has 94 valence electrons. The average molecular weight is 249 g/mol. The van der Waals surface area contributed by atoms with Crippen molar-refractivity contribution in [1.29, 1.82) is 0 Å². The zero-order valence-electron chi connectivity index (χ0n) is 9.58. The fourth-order valence-corrected chi connectivity index (χ4v) is 1.27. The fraction of sp³-hybridized carbons (Fsp3) is 0.167. The first-order valence-corrected chi connectivity index (χ1v) is 4.84. The largest absolute Gasteiger partial charge is 0.496 e. The third kappa shape index (κ3) is 2.99.